The monoisotopic (exact) mass is 434 g/mol. The predicted molar refractivity (Wildman–Crippen MR) is 128 cm³/mol. The van der Waals surface area contributed by atoms with Crippen molar-refractivity contribution in [3.8, 4) is 11.5 Å². The van der Waals surface area contributed by atoms with Gasteiger partial charge in [-0.25, -0.2) is 0 Å². The minimum absolute atomic E-state index is 0.731. The second kappa shape index (κ2) is 7.89. The zero-order valence-electron chi connectivity index (χ0n) is 16.7. The van der Waals surface area contributed by atoms with Crippen LogP contribution >= 0.6 is 22.7 Å². The van der Waals surface area contributed by atoms with E-state index < -0.39 is 14.2 Å². The standard InChI is InChI=1S/C24H22O2S2Si/c1-29(2,3)11-10-21(26)20-15-27-23-12-16(8-9-18(20)23)13-24-19(14-25)17-6-4-5-7-22(17)28-24/h4-9,12,14-15,21,26H,13H2,1-3H3. The van der Waals surface area contributed by atoms with Crippen molar-refractivity contribution in [1.29, 1.82) is 0 Å². The number of aldehydes is 1. The average molecular weight is 435 g/mol. The highest BCUT2D eigenvalue weighted by molar-refractivity contribution is 7.19. The first-order chi connectivity index (χ1) is 13.9. The molecule has 29 heavy (non-hydrogen) atoms. The summed E-state index contributed by atoms with van der Waals surface area (Å²) < 4.78 is 2.29. The number of hydrogen-bond donors (Lipinski definition) is 1. The van der Waals surface area contributed by atoms with Gasteiger partial charge in [-0.1, -0.05) is 55.9 Å². The number of fused-ring (bicyclic) bond motifs is 2. The van der Waals surface area contributed by atoms with Gasteiger partial charge in [0.25, 0.3) is 0 Å². The molecule has 0 aliphatic heterocycles. The number of aliphatic hydroxyl groups is 1. The fourth-order valence-corrected chi connectivity index (χ4v) is 6.16. The number of carbonyl (C=O) groups excluding carboxylic acids is 1. The quantitative estimate of drug-likeness (QED) is 0.228. The molecule has 0 spiro atoms. The smallest absolute Gasteiger partial charge is 0.151 e. The highest BCUT2D eigenvalue weighted by atomic mass is 32.1. The highest BCUT2D eigenvalue weighted by Crippen LogP contribution is 2.34. The lowest BCUT2D eigenvalue weighted by atomic mass is 10.0. The lowest BCUT2D eigenvalue weighted by molar-refractivity contribution is 0.112. The summed E-state index contributed by atoms with van der Waals surface area (Å²) in [7, 11) is -1.52. The molecule has 2 heterocycles. The molecule has 146 valence electrons. The Balaban J connectivity index is 1.66. The zero-order chi connectivity index (χ0) is 20.6. The predicted octanol–water partition coefficient (Wildman–Crippen LogP) is 6.43. The van der Waals surface area contributed by atoms with Gasteiger partial charge in [-0.15, -0.1) is 28.2 Å². The summed E-state index contributed by atoms with van der Waals surface area (Å²) in [5, 5.41) is 14.6. The molecule has 1 atom stereocenters. The molecule has 0 saturated carbocycles. The Morgan fingerprint density at radius 1 is 1.10 bits per heavy atom. The van der Waals surface area contributed by atoms with E-state index in [1.807, 2.05) is 23.6 Å². The molecule has 0 aliphatic rings. The second-order valence-corrected chi connectivity index (χ2v) is 15.0. The van der Waals surface area contributed by atoms with Gasteiger partial charge in [-0.05, 0) is 28.5 Å². The fourth-order valence-electron chi connectivity index (χ4n) is 3.34. The SMILES string of the molecule is C[Si](C)(C)C#CC(O)c1csc2cc(Cc3sc4ccccc4c3C=O)ccc12. The Kier molecular flexibility index (Phi) is 5.45. The van der Waals surface area contributed by atoms with Crippen molar-refractivity contribution < 1.29 is 9.90 Å². The van der Waals surface area contributed by atoms with Crippen LogP contribution in [0.4, 0.5) is 0 Å². The Hall–Kier alpha value is -2.23. The first-order valence-electron chi connectivity index (χ1n) is 9.52. The van der Waals surface area contributed by atoms with E-state index in [0.29, 0.717) is 0 Å². The van der Waals surface area contributed by atoms with Crippen molar-refractivity contribution in [3.63, 3.8) is 0 Å². The fraction of sp³-hybridized carbons (Fsp3) is 0.208. The largest absolute Gasteiger partial charge is 0.376 e. The molecule has 0 saturated heterocycles. The summed E-state index contributed by atoms with van der Waals surface area (Å²) in [6.45, 7) is 6.52. The van der Waals surface area contributed by atoms with Gasteiger partial charge < -0.3 is 5.11 Å². The number of benzene rings is 2. The third kappa shape index (κ3) is 4.21. The van der Waals surface area contributed by atoms with Crippen LogP contribution in [-0.4, -0.2) is 19.5 Å². The van der Waals surface area contributed by atoms with E-state index in [1.165, 1.54) is 5.56 Å². The molecule has 2 nitrogen and oxygen atoms in total. The number of thiophene rings is 2. The Labute approximate surface area is 179 Å². The molecule has 0 radical (unpaired) electrons. The summed E-state index contributed by atoms with van der Waals surface area (Å²) in [4.78, 5) is 12.8. The summed E-state index contributed by atoms with van der Waals surface area (Å²) in [6, 6.07) is 14.4. The van der Waals surface area contributed by atoms with Crippen molar-refractivity contribution in [2.24, 2.45) is 0 Å². The van der Waals surface area contributed by atoms with Crippen LogP contribution in [0.5, 0.6) is 0 Å². The molecule has 0 fully saturated rings. The normalized spacial score (nSPS) is 12.7. The van der Waals surface area contributed by atoms with Crippen molar-refractivity contribution in [1.82, 2.24) is 0 Å². The van der Waals surface area contributed by atoms with Crippen LogP contribution in [0.2, 0.25) is 19.6 Å². The molecular weight excluding hydrogens is 412 g/mol. The van der Waals surface area contributed by atoms with Crippen molar-refractivity contribution >= 4 is 57.2 Å². The van der Waals surface area contributed by atoms with Gasteiger partial charge >= 0.3 is 0 Å². The number of carbonyl (C=O) groups is 1. The van der Waals surface area contributed by atoms with Crippen LogP contribution in [0.15, 0.2) is 47.8 Å². The van der Waals surface area contributed by atoms with E-state index in [1.54, 1.807) is 22.7 Å². The van der Waals surface area contributed by atoms with Gasteiger partial charge in [-0.3, -0.25) is 4.79 Å². The summed E-state index contributed by atoms with van der Waals surface area (Å²) >= 11 is 3.32. The van der Waals surface area contributed by atoms with E-state index in [4.69, 9.17) is 0 Å². The van der Waals surface area contributed by atoms with E-state index in [-0.39, 0.29) is 0 Å². The number of rotatable bonds is 4. The number of aliphatic hydroxyl groups excluding tert-OH is 1. The molecule has 5 heteroatoms. The van der Waals surface area contributed by atoms with Gasteiger partial charge in [0, 0.05) is 37.2 Å². The topological polar surface area (TPSA) is 37.3 Å². The van der Waals surface area contributed by atoms with Crippen LogP contribution < -0.4 is 0 Å². The summed E-state index contributed by atoms with van der Waals surface area (Å²) in [5.41, 5.74) is 6.11. The van der Waals surface area contributed by atoms with Gasteiger partial charge in [0.05, 0.1) is 0 Å². The van der Waals surface area contributed by atoms with Crippen molar-refractivity contribution in [2.75, 3.05) is 0 Å². The average Bonchev–Trinajstić information content (AvgIpc) is 3.25. The molecule has 2 aromatic carbocycles. The van der Waals surface area contributed by atoms with Crippen molar-refractivity contribution in [3.05, 3.63) is 69.4 Å². The summed E-state index contributed by atoms with van der Waals surface area (Å²) in [6.07, 6.45) is 0.962. The highest BCUT2D eigenvalue weighted by Gasteiger charge is 2.15. The van der Waals surface area contributed by atoms with E-state index in [0.717, 1.165) is 48.9 Å². The second-order valence-electron chi connectivity index (χ2n) is 8.17. The molecule has 0 amide bonds. The molecular formula is C24H22O2S2Si. The lowest BCUT2D eigenvalue weighted by Gasteiger charge is -2.07. The minimum Gasteiger partial charge on any atom is -0.376 e. The van der Waals surface area contributed by atoms with Gasteiger partial charge in [0.2, 0.25) is 0 Å². The number of hydrogen-bond acceptors (Lipinski definition) is 4. The third-order valence-corrected chi connectivity index (χ3v) is 7.79. The van der Waals surface area contributed by atoms with Crippen LogP contribution in [-0.2, 0) is 6.42 Å². The first-order valence-corrected chi connectivity index (χ1v) is 14.7. The zero-order valence-corrected chi connectivity index (χ0v) is 19.3. The molecule has 1 unspecified atom stereocenters. The van der Waals surface area contributed by atoms with Gasteiger partial charge in [0.15, 0.2) is 6.29 Å². The maximum absolute atomic E-state index is 11.7. The van der Waals surface area contributed by atoms with Gasteiger partial charge in [0.1, 0.15) is 14.2 Å². The molecule has 1 N–H and O–H groups in total. The van der Waals surface area contributed by atoms with Crippen LogP contribution in [0.1, 0.15) is 32.5 Å². The van der Waals surface area contributed by atoms with E-state index >= 15 is 0 Å². The summed E-state index contributed by atoms with van der Waals surface area (Å²) in [5.74, 6) is 3.04. The molecule has 4 rings (SSSR count). The third-order valence-electron chi connectivity index (χ3n) is 4.74. The lowest BCUT2D eigenvalue weighted by Crippen LogP contribution is -2.16. The van der Waals surface area contributed by atoms with Gasteiger partial charge in [-0.2, -0.15) is 0 Å². The maximum atomic E-state index is 11.7. The Morgan fingerprint density at radius 3 is 2.66 bits per heavy atom. The van der Waals surface area contributed by atoms with Crippen LogP contribution in [0.3, 0.4) is 0 Å². The Morgan fingerprint density at radius 2 is 1.90 bits per heavy atom. The Bertz CT molecular complexity index is 1260. The van der Waals surface area contributed by atoms with Crippen LogP contribution in [0, 0.1) is 11.5 Å². The van der Waals surface area contributed by atoms with E-state index in [9.17, 15) is 9.90 Å². The first kappa shape index (κ1) is 20.1. The molecule has 4 aromatic rings. The molecule has 0 aliphatic carbocycles. The van der Waals surface area contributed by atoms with E-state index in [2.05, 4.69) is 55.4 Å². The van der Waals surface area contributed by atoms with Crippen LogP contribution in [0.25, 0.3) is 20.2 Å². The van der Waals surface area contributed by atoms with Crippen molar-refractivity contribution in [2.45, 2.75) is 32.2 Å². The maximum Gasteiger partial charge on any atom is 0.151 e. The molecule has 2 aromatic heterocycles. The minimum atomic E-state index is -1.52. The molecule has 0 bridgehead atoms.